The first-order chi connectivity index (χ1) is 17.4. The number of aromatic nitrogens is 2. The number of carbonyl (C=O) groups excluding carboxylic acids is 1. The molecule has 6 nitrogen and oxygen atoms in total. The minimum atomic E-state index is -0.313. The van der Waals surface area contributed by atoms with Crippen LogP contribution in [-0.2, 0) is 19.4 Å². The molecule has 7 heteroatoms. The second kappa shape index (κ2) is 11.8. The van der Waals surface area contributed by atoms with Crippen molar-refractivity contribution in [3.63, 3.8) is 0 Å². The molecule has 2 aromatic carbocycles. The number of amides is 1. The number of benzene rings is 2. The van der Waals surface area contributed by atoms with Gasteiger partial charge in [-0.15, -0.1) is 0 Å². The van der Waals surface area contributed by atoms with E-state index in [-0.39, 0.29) is 17.5 Å². The molecule has 0 bridgehead atoms. The van der Waals surface area contributed by atoms with Crippen molar-refractivity contribution in [2.24, 2.45) is 0 Å². The van der Waals surface area contributed by atoms with Crippen molar-refractivity contribution in [3.05, 3.63) is 98.2 Å². The van der Waals surface area contributed by atoms with Crippen LogP contribution in [0.25, 0.3) is 0 Å². The van der Waals surface area contributed by atoms with Crippen molar-refractivity contribution >= 4 is 17.5 Å². The minimum absolute atomic E-state index is 0.0310. The lowest BCUT2D eigenvalue weighted by Gasteiger charge is -2.34. The van der Waals surface area contributed by atoms with E-state index in [0.717, 1.165) is 36.3 Å². The Morgan fingerprint density at radius 3 is 2.44 bits per heavy atom. The van der Waals surface area contributed by atoms with Crippen LogP contribution < -0.4 is 5.56 Å². The summed E-state index contributed by atoms with van der Waals surface area (Å²) in [5.41, 5.74) is 3.10. The largest absolute Gasteiger partial charge is 0.329 e. The van der Waals surface area contributed by atoms with Gasteiger partial charge in [0.15, 0.2) is 0 Å². The van der Waals surface area contributed by atoms with Gasteiger partial charge in [0, 0.05) is 48.6 Å². The summed E-state index contributed by atoms with van der Waals surface area (Å²) in [6.45, 7) is 3.99. The van der Waals surface area contributed by atoms with Gasteiger partial charge in [0.2, 0.25) is 0 Å². The molecule has 1 unspecified atom stereocenters. The summed E-state index contributed by atoms with van der Waals surface area (Å²) in [7, 11) is 3.99. The molecule has 1 aliphatic heterocycles. The molecule has 0 aliphatic carbocycles. The van der Waals surface area contributed by atoms with Crippen LogP contribution in [0.15, 0.2) is 59.4 Å². The lowest BCUT2D eigenvalue weighted by atomic mass is 9.96. The molecule has 0 spiro atoms. The maximum atomic E-state index is 13.8. The van der Waals surface area contributed by atoms with Crippen LogP contribution in [0.5, 0.6) is 0 Å². The van der Waals surface area contributed by atoms with E-state index in [1.54, 1.807) is 24.3 Å². The monoisotopic (exact) mass is 506 g/mol. The van der Waals surface area contributed by atoms with Crippen molar-refractivity contribution in [2.75, 3.05) is 27.2 Å². The topological polar surface area (TPSA) is 58.4 Å². The Labute approximate surface area is 218 Å². The first-order valence-electron chi connectivity index (χ1n) is 12.8. The average molecular weight is 507 g/mol. The molecule has 0 radical (unpaired) electrons. The minimum Gasteiger partial charge on any atom is -0.329 e. The van der Waals surface area contributed by atoms with Gasteiger partial charge in [-0.3, -0.25) is 14.2 Å². The molecule has 0 N–H and O–H groups in total. The summed E-state index contributed by atoms with van der Waals surface area (Å²) in [6, 6.07) is 16.7. The molecule has 0 fully saturated rings. The SMILES string of the molecule is CCC(c1nc2n(c(=O)c1Cc1ccccc1)CCCC2)N(CCN(C)C)C(=O)c1ccc(Cl)cc1. The Balaban J connectivity index is 1.83. The number of hydrogen-bond donors (Lipinski definition) is 0. The summed E-state index contributed by atoms with van der Waals surface area (Å²) in [6.07, 6.45) is 3.95. The van der Waals surface area contributed by atoms with Gasteiger partial charge >= 0.3 is 0 Å². The highest BCUT2D eigenvalue weighted by Gasteiger charge is 2.31. The number of fused-ring (bicyclic) bond motifs is 1. The van der Waals surface area contributed by atoms with Crippen molar-refractivity contribution < 1.29 is 4.79 Å². The van der Waals surface area contributed by atoms with Crippen LogP contribution in [-0.4, -0.2) is 52.4 Å². The molecule has 0 saturated heterocycles. The number of hydrogen-bond acceptors (Lipinski definition) is 4. The normalized spacial score (nSPS) is 13.9. The first kappa shape index (κ1) is 26.1. The van der Waals surface area contributed by atoms with Gasteiger partial charge in [-0.25, -0.2) is 4.98 Å². The fourth-order valence-electron chi connectivity index (χ4n) is 4.90. The molecule has 190 valence electrons. The van der Waals surface area contributed by atoms with Crippen LogP contribution in [0.2, 0.25) is 5.02 Å². The standard InChI is InChI=1S/C29H35ClN4O2/c1-4-25(33(19-18-32(2)3)28(35)22-13-15-23(30)16-14-22)27-24(20-21-10-6-5-7-11-21)29(36)34-17-9-8-12-26(34)31-27/h5-7,10-11,13-16,25H,4,8-9,12,17-20H2,1-3H3. The molecule has 1 aliphatic rings. The Kier molecular flexibility index (Phi) is 8.60. The van der Waals surface area contributed by atoms with Crippen molar-refractivity contribution in [1.82, 2.24) is 19.4 Å². The van der Waals surface area contributed by atoms with E-state index < -0.39 is 0 Å². The van der Waals surface area contributed by atoms with Gasteiger partial charge in [0.05, 0.1) is 11.7 Å². The molecule has 3 aromatic rings. The number of rotatable bonds is 9. The highest BCUT2D eigenvalue weighted by molar-refractivity contribution is 6.30. The maximum Gasteiger partial charge on any atom is 0.257 e. The summed E-state index contributed by atoms with van der Waals surface area (Å²) >= 11 is 6.09. The number of aryl methyl sites for hydroxylation is 1. The van der Waals surface area contributed by atoms with Crippen LogP contribution in [0, 0.1) is 0 Å². The summed E-state index contributed by atoms with van der Waals surface area (Å²) in [5.74, 6) is 0.758. The summed E-state index contributed by atoms with van der Waals surface area (Å²) < 4.78 is 1.85. The zero-order valence-corrected chi connectivity index (χ0v) is 22.2. The average Bonchev–Trinajstić information content (AvgIpc) is 2.89. The van der Waals surface area contributed by atoms with Crippen molar-refractivity contribution in [3.8, 4) is 0 Å². The third-order valence-electron chi connectivity index (χ3n) is 6.85. The van der Waals surface area contributed by atoms with Crippen LogP contribution in [0.1, 0.15) is 65.2 Å². The molecule has 1 amide bonds. The van der Waals surface area contributed by atoms with E-state index in [1.165, 1.54) is 0 Å². The summed E-state index contributed by atoms with van der Waals surface area (Å²) in [5, 5.41) is 0.591. The fourth-order valence-corrected chi connectivity index (χ4v) is 5.03. The van der Waals surface area contributed by atoms with Gasteiger partial charge < -0.3 is 9.80 Å². The first-order valence-corrected chi connectivity index (χ1v) is 13.1. The van der Waals surface area contributed by atoms with Gasteiger partial charge in [0.1, 0.15) is 5.82 Å². The fraction of sp³-hybridized carbons (Fsp3) is 0.414. The second-order valence-electron chi connectivity index (χ2n) is 9.70. The van der Waals surface area contributed by atoms with E-state index in [9.17, 15) is 9.59 Å². The molecule has 1 atom stereocenters. The Morgan fingerprint density at radius 1 is 1.06 bits per heavy atom. The van der Waals surface area contributed by atoms with Crippen molar-refractivity contribution in [2.45, 2.75) is 51.6 Å². The van der Waals surface area contributed by atoms with E-state index in [4.69, 9.17) is 16.6 Å². The van der Waals surface area contributed by atoms with E-state index in [2.05, 4.69) is 11.8 Å². The van der Waals surface area contributed by atoms with Crippen molar-refractivity contribution in [1.29, 1.82) is 0 Å². The molecule has 36 heavy (non-hydrogen) atoms. The molecule has 2 heterocycles. The number of likely N-dealkylation sites (N-methyl/N-ethyl adjacent to an activating group) is 1. The van der Waals surface area contributed by atoms with Gasteiger partial charge in [-0.05, 0) is 63.2 Å². The molecular weight excluding hydrogens is 472 g/mol. The predicted octanol–water partition coefficient (Wildman–Crippen LogP) is 4.98. The summed E-state index contributed by atoms with van der Waals surface area (Å²) in [4.78, 5) is 36.7. The number of halogens is 1. The smallest absolute Gasteiger partial charge is 0.257 e. The maximum absolute atomic E-state index is 13.8. The number of carbonyl (C=O) groups is 1. The number of nitrogens with zero attached hydrogens (tertiary/aromatic N) is 4. The lowest BCUT2D eigenvalue weighted by molar-refractivity contribution is 0.0650. The van der Waals surface area contributed by atoms with E-state index in [1.807, 2.05) is 53.9 Å². The molecule has 4 rings (SSSR count). The van der Waals surface area contributed by atoms with Crippen LogP contribution in [0.4, 0.5) is 0 Å². The second-order valence-corrected chi connectivity index (χ2v) is 10.1. The van der Waals surface area contributed by atoms with E-state index >= 15 is 0 Å². The third-order valence-corrected chi connectivity index (χ3v) is 7.10. The quantitative estimate of drug-likeness (QED) is 0.410. The van der Waals surface area contributed by atoms with Gasteiger partial charge in [-0.1, -0.05) is 48.9 Å². The van der Waals surface area contributed by atoms with Crippen LogP contribution >= 0.6 is 11.6 Å². The zero-order valence-electron chi connectivity index (χ0n) is 21.4. The highest BCUT2D eigenvalue weighted by Crippen LogP contribution is 2.29. The third kappa shape index (κ3) is 5.88. The Bertz CT molecular complexity index is 1240. The predicted molar refractivity (Wildman–Crippen MR) is 145 cm³/mol. The molecule has 1 aromatic heterocycles. The van der Waals surface area contributed by atoms with E-state index in [0.29, 0.717) is 48.6 Å². The van der Waals surface area contributed by atoms with Gasteiger partial charge in [-0.2, -0.15) is 0 Å². The Hall–Kier alpha value is -2.96. The zero-order chi connectivity index (χ0) is 25.7. The Morgan fingerprint density at radius 2 is 1.78 bits per heavy atom. The van der Waals surface area contributed by atoms with Crippen LogP contribution in [0.3, 0.4) is 0 Å². The molecule has 0 saturated carbocycles. The lowest BCUT2D eigenvalue weighted by Crippen LogP contribution is -2.42. The van der Waals surface area contributed by atoms with Gasteiger partial charge in [0.25, 0.3) is 11.5 Å². The molecular formula is C29H35ClN4O2. The highest BCUT2D eigenvalue weighted by atomic mass is 35.5.